The Hall–Kier alpha value is -4.18. The van der Waals surface area contributed by atoms with Crippen LogP contribution in [0, 0.1) is 0 Å². The molecule has 1 atom stereocenters. The molecule has 0 aliphatic rings. The Morgan fingerprint density at radius 2 is 1.88 bits per heavy atom. The summed E-state index contributed by atoms with van der Waals surface area (Å²) in [5.74, 6) is -1.19. The van der Waals surface area contributed by atoms with Gasteiger partial charge >= 0.3 is 5.97 Å². The number of nitrogens with zero attached hydrogens (tertiary/aromatic N) is 1. The number of ketones is 1. The van der Waals surface area contributed by atoms with Crippen LogP contribution in [0.1, 0.15) is 5.56 Å². The van der Waals surface area contributed by atoms with Gasteiger partial charge in [-0.2, -0.15) is 0 Å². The highest BCUT2D eigenvalue weighted by Crippen LogP contribution is 2.32. The summed E-state index contributed by atoms with van der Waals surface area (Å²) in [5, 5.41) is 14.7. The maximum absolute atomic E-state index is 12.4. The maximum atomic E-state index is 12.4. The molecule has 33 heavy (non-hydrogen) atoms. The molecule has 0 spiro atoms. The number of esters is 1. The van der Waals surface area contributed by atoms with E-state index < -0.39 is 23.7 Å². The summed E-state index contributed by atoms with van der Waals surface area (Å²) in [5.41, 5.74) is 1.73. The number of aromatic nitrogens is 1. The lowest BCUT2D eigenvalue weighted by atomic mass is 10.1. The molecule has 0 bridgehead atoms. The Morgan fingerprint density at radius 3 is 2.52 bits per heavy atom. The number of Topliss-reactive ketones (excluding diaryl/α,β-unsaturated/α-hetero) is 1. The molecule has 3 aromatic rings. The number of phenols is 1. The number of methoxy groups -OCH3 is 2. The predicted octanol–water partition coefficient (Wildman–Crippen LogP) is 1.94. The van der Waals surface area contributed by atoms with Gasteiger partial charge in [-0.1, -0.05) is 12.1 Å². The molecule has 0 saturated heterocycles. The fourth-order valence-corrected chi connectivity index (χ4v) is 3.07. The fourth-order valence-electron chi connectivity index (χ4n) is 3.07. The first kappa shape index (κ1) is 23.5. The molecule has 3 rings (SSSR count). The molecule has 1 unspecified atom stereocenters. The van der Waals surface area contributed by atoms with Crippen LogP contribution in [0.3, 0.4) is 0 Å². The van der Waals surface area contributed by atoms with E-state index in [1.165, 1.54) is 38.9 Å². The van der Waals surface area contributed by atoms with Crippen molar-refractivity contribution in [3.63, 3.8) is 0 Å². The van der Waals surface area contributed by atoms with E-state index in [4.69, 9.17) is 13.9 Å². The quantitative estimate of drug-likeness (QED) is 0.310. The highest BCUT2D eigenvalue weighted by molar-refractivity contribution is 6.41. The number of anilines is 1. The van der Waals surface area contributed by atoms with Crippen LogP contribution in [0.5, 0.6) is 11.5 Å². The van der Waals surface area contributed by atoms with Crippen LogP contribution >= 0.6 is 0 Å². The lowest BCUT2D eigenvalue weighted by molar-refractivity contribution is -0.143. The normalized spacial score (nSPS) is 11.5. The molecule has 3 N–H and O–H groups in total. The van der Waals surface area contributed by atoms with E-state index in [1.54, 1.807) is 30.3 Å². The molecule has 2 aromatic carbocycles. The number of nitrogens with one attached hydrogen (secondary N) is 2. The molecule has 1 heterocycles. The molecule has 0 aliphatic heterocycles. The third kappa shape index (κ3) is 6.17. The molecule has 0 fully saturated rings. The molecule has 0 saturated carbocycles. The van der Waals surface area contributed by atoms with Crippen LogP contribution in [0.2, 0.25) is 0 Å². The number of ether oxygens (including phenoxy) is 2. The zero-order valence-corrected chi connectivity index (χ0v) is 18.0. The van der Waals surface area contributed by atoms with Crippen LogP contribution in [0.15, 0.2) is 59.5 Å². The molecule has 10 nitrogen and oxygen atoms in total. The molecular formula is C23H23N3O7. The highest BCUT2D eigenvalue weighted by Gasteiger charge is 2.23. The lowest BCUT2D eigenvalue weighted by Crippen LogP contribution is -2.44. The number of hydrogen-bond donors (Lipinski definition) is 3. The third-order valence-corrected chi connectivity index (χ3v) is 4.78. The van der Waals surface area contributed by atoms with Gasteiger partial charge in [0.1, 0.15) is 17.5 Å². The van der Waals surface area contributed by atoms with Gasteiger partial charge in [-0.05, 0) is 36.2 Å². The van der Waals surface area contributed by atoms with Crippen molar-refractivity contribution in [2.75, 3.05) is 26.1 Å². The third-order valence-electron chi connectivity index (χ3n) is 4.78. The fraction of sp³-hybridized carbons (Fsp3) is 0.217. The molecule has 1 aromatic heterocycles. The minimum Gasteiger partial charge on any atom is -0.508 e. The predicted molar refractivity (Wildman–Crippen MR) is 118 cm³/mol. The zero-order chi connectivity index (χ0) is 23.8. The largest absolute Gasteiger partial charge is 0.508 e. The van der Waals surface area contributed by atoms with Crippen LogP contribution < -0.4 is 15.4 Å². The number of rotatable bonds is 10. The van der Waals surface area contributed by atoms with Crippen LogP contribution in [-0.2, 0) is 25.5 Å². The van der Waals surface area contributed by atoms with E-state index in [-0.39, 0.29) is 18.7 Å². The van der Waals surface area contributed by atoms with Gasteiger partial charge in [0.05, 0.1) is 32.5 Å². The first-order chi connectivity index (χ1) is 15.9. The summed E-state index contributed by atoms with van der Waals surface area (Å²) < 4.78 is 15.4. The second kappa shape index (κ2) is 10.9. The molecule has 0 aliphatic carbocycles. The summed E-state index contributed by atoms with van der Waals surface area (Å²) in [6, 6.07) is 10.3. The van der Waals surface area contributed by atoms with Gasteiger partial charge in [-0.3, -0.25) is 19.7 Å². The van der Waals surface area contributed by atoms with E-state index in [0.717, 1.165) is 5.56 Å². The van der Waals surface area contributed by atoms with E-state index in [2.05, 4.69) is 15.6 Å². The summed E-state index contributed by atoms with van der Waals surface area (Å²) >= 11 is 0. The average molecular weight is 453 g/mol. The van der Waals surface area contributed by atoms with E-state index in [9.17, 15) is 19.5 Å². The van der Waals surface area contributed by atoms with E-state index in [0.29, 0.717) is 22.8 Å². The van der Waals surface area contributed by atoms with Crippen molar-refractivity contribution in [1.82, 2.24) is 10.3 Å². The van der Waals surface area contributed by atoms with Crippen molar-refractivity contribution < 1.29 is 33.4 Å². The number of hydrogen-bond acceptors (Lipinski definition) is 9. The average Bonchev–Trinajstić information content (AvgIpc) is 3.36. The van der Waals surface area contributed by atoms with E-state index >= 15 is 0 Å². The van der Waals surface area contributed by atoms with Gasteiger partial charge in [0, 0.05) is 11.8 Å². The number of phenolic OH excluding ortho intramolecular Hbond substituents is 1. The molecule has 172 valence electrons. The van der Waals surface area contributed by atoms with Crippen molar-refractivity contribution in [3.8, 4) is 22.8 Å². The summed E-state index contributed by atoms with van der Waals surface area (Å²) in [7, 11) is 2.70. The second-order valence-corrected chi connectivity index (χ2v) is 6.99. The lowest BCUT2D eigenvalue weighted by Gasteiger charge is -2.16. The minimum absolute atomic E-state index is 0.0960. The molecule has 10 heteroatoms. The SMILES string of the molecule is COC(=O)C(Cc1ccc(O)cc1)NCC(=O)C(=O)Nc1ccc(-c2cnco2)c(OC)c1. The van der Waals surface area contributed by atoms with Crippen LogP contribution in [-0.4, -0.2) is 54.6 Å². The number of amides is 1. The van der Waals surface area contributed by atoms with Crippen molar-refractivity contribution in [2.45, 2.75) is 12.5 Å². The van der Waals surface area contributed by atoms with Crippen molar-refractivity contribution >= 4 is 23.3 Å². The Kier molecular flexibility index (Phi) is 7.77. The van der Waals surface area contributed by atoms with Crippen LogP contribution in [0.4, 0.5) is 5.69 Å². The minimum atomic E-state index is -0.856. The highest BCUT2D eigenvalue weighted by atomic mass is 16.5. The summed E-state index contributed by atoms with van der Waals surface area (Å²) in [6.45, 7) is -0.378. The Labute approximate surface area is 189 Å². The van der Waals surface area contributed by atoms with Crippen LogP contribution in [0.25, 0.3) is 11.3 Å². The molecule has 1 amide bonds. The van der Waals surface area contributed by atoms with Crippen molar-refractivity contribution in [3.05, 3.63) is 60.6 Å². The number of oxazole rings is 1. The zero-order valence-electron chi connectivity index (χ0n) is 18.0. The van der Waals surface area contributed by atoms with Gasteiger partial charge in [-0.15, -0.1) is 0 Å². The summed E-state index contributed by atoms with van der Waals surface area (Å²) in [6.07, 6.45) is 3.03. The number of aromatic hydroxyl groups is 1. The standard InChI is InChI=1S/C23H23N3O7/c1-31-20-10-15(5-8-17(20)21-12-24-13-33-21)26-22(29)19(28)11-25-18(23(30)32-2)9-14-3-6-16(27)7-4-14/h3-8,10,12-13,18,25,27H,9,11H2,1-2H3,(H,26,29). The molecule has 0 radical (unpaired) electrons. The Bertz CT molecular complexity index is 1110. The first-order valence-corrected chi connectivity index (χ1v) is 9.91. The van der Waals surface area contributed by atoms with Crippen molar-refractivity contribution in [2.24, 2.45) is 0 Å². The number of carbonyl (C=O) groups excluding carboxylic acids is 3. The van der Waals surface area contributed by atoms with Gasteiger partial charge in [-0.25, -0.2) is 4.98 Å². The van der Waals surface area contributed by atoms with E-state index in [1.807, 2.05) is 0 Å². The van der Waals surface area contributed by atoms with Gasteiger partial charge in [0.15, 0.2) is 12.2 Å². The second-order valence-electron chi connectivity index (χ2n) is 6.99. The molecular weight excluding hydrogens is 430 g/mol. The Balaban J connectivity index is 1.61. The monoisotopic (exact) mass is 453 g/mol. The number of carbonyl (C=O) groups is 3. The van der Waals surface area contributed by atoms with Gasteiger partial charge < -0.3 is 24.3 Å². The smallest absolute Gasteiger partial charge is 0.323 e. The van der Waals surface area contributed by atoms with Gasteiger partial charge in [0.2, 0.25) is 5.78 Å². The number of benzene rings is 2. The topological polar surface area (TPSA) is 140 Å². The van der Waals surface area contributed by atoms with Crippen molar-refractivity contribution in [1.29, 1.82) is 0 Å². The van der Waals surface area contributed by atoms with Gasteiger partial charge in [0.25, 0.3) is 5.91 Å². The first-order valence-electron chi connectivity index (χ1n) is 9.91. The summed E-state index contributed by atoms with van der Waals surface area (Å²) in [4.78, 5) is 40.7. The Morgan fingerprint density at radius 1 is 1.12 bits per heavy atom. The maximum Gasteiger partial charge on any atom is 0.323 e.